The van der Waals surface area contributed by atoms with Crippen LogP contribution in [0.3, 0.4) is 0 Å². The number of carbonyl (C=O) groups is 2. The van der Waals surface area contributed by atoms with E-state index in [1.165, 1.54) is 12.1 Å². The van der Waals surface area contributed by atoms with Crippen molar-refractivity contribution in [3.8, 4) is 0 Å². The normalized spacial score (nSPS) is 12.9. The fraction of sp³-hybridized carbons (Fsp3) is 0.333. The maximum absolute atomic E-state index is 12.0. The van der Waals surface area contributed by atoms with E-state index >= 15 is 0 Å². The van der Waals surface area contributed by atoms with Crippen LogP contribution < -0.4 is 5.32 Å². The van der Waals surface area contributed by atoms with Gasteiger partial charge in [0.1, 0.15) is 0 Å². The summed E-state index contributed by atoms with van der Waals surface area (Å²) in [4.78, 5) is 21.5. The number of hydrogen-bond acceptors (Lipinski definition) is 2. The van der Waals surface area contributed by atoms with Crippen LogP contribution in [0.2, 0.25) is 0 Å². The Bertz CT molecular complexity index is 471. The Kier molecular flexibility index (Phi) is 4.94. The smallest absolute Gasteiger partial charge is 0.348 e. The van der Waals surface area contributed by atoms with Gasteiger partial charge in [0.2, 0.25) is 0 Å². The van der Waals surface area contributed by atoms with Crippen LogP contribution in [0.15, 0.2) is 24.3 Å². The van der Waals surface area contributed by atoms with Crippen molar-refractivity contribution >= 4 is 22.8 Å². The molecule has 1 N–H and O–H groups in total. The molecule has 0 radical (unpaired) electrons. The molecule has 1 amide bonds. The average molecular weight is 294 g/mol. The van der Waals surface area contributed by atoms with Crippen molar-refractivity contribution in [1.82, 2.24) is 5.32 Å². The van der Waals surface area contributed by atoms with Gasteiger partial charge >= 0.3 is 12.1 Å². The predicted octanol–water partition coefficient (Wildman–Crippen LogP) is 2.85. The van der Waals surface area contributed by atoms with Gasteiger partial charge in [0.05, 0.1) is 0 Å². The Morgan fingerprint density at radius 1 is 1.26 bits per heavy atom. The third-order valence-corrected chi connectivity index (χ3v) is 2.75. The second-order valence-electron chi connectivity index (χ2n) is 4.00. The minimum atomic E-state index is -4.88. The summed E-state index contributed by atoms with van der Waals surface area (Å²) in [5.41, 5.74) is 1.00. The zero-order valence-electron chi connectivity index (χ0n) is 9.92. The van der Waals surface area contributed by atoms with E-state index < -0.39 is 17.3 Å². The van der Waals surface area contributed by atoms with E-state index in [9.17, 15) is 22.8 Å². The Balaban J connectivity index is 2.61. The molecule has 1 unspecified atom stereocenters. The molecule has 0 aromatic heterocycles. The van der Waals surface area contributed by atoms with Gasteiger partial charge in [-0.3, -0.25) is 9.59 Å². The summed E-state index contributed by atoms with van der Waals surface area (Å²) in [6.07, 6.45) is -4.88. The lowest BCUT2D eigenvalue weighted by Crippen LogP contribution is -2.38. The molecule has 0 fully saturated rings. The third-order valence-electron chi connectivity index (χ3n) is 2.53. The largest absolute Gasteiger partial charge is 0.471 e. The molecule has 0 bridgehead atoms. The minimum absolute atomic E-state index is 0.146. The molecule has 0 aliphatic rings. The van der Waals surface area contributed by atoms with Crippen LogP contribution in [0.4, 0.5) is 13.2 Å². The molecule has 0 spiro atoms. The standard InChI is InChI=1S/C12H11ClF3NO2/c1-7(6-17-11(19)12(14,15)16)8-2-4-9(5-3-8)10(13)18/h2-5,7H,6H2,1H3,(H,17,19). The average Bonchev–Trinajstić information content (AvgIpc) is 2.34. The highest BCUT2D eigenvalue weighted by Gasteiger charge is 2.38. The predicted molar refractivity (Wildman–Crippen MR) is 64.1 cm³/mol. The summed E-state index contributed by atoms with van der Waals surface area (Å²) in [6.45, 7) is 1.51. The number of nitrogens with one attached hydrogen (secondary N) is 1. The van der Waals surface area contributed by atoms with E-state index in [1.807, 2.05) is 0 Å². The van der Waals surface area contributed by atoms with Crippen molar-refractivity contribution in [1.29, 1.82) is 0 Å². The van der Waals surface area contributed by atoms with Crippen molar-refractivity contribution in [3.05, 3.63) is 35.4 Å². The van der Waals surface area contributed by atoms with Crippen molar-refractivity contribution < 1.29 is 22.8 Å². The first-order valence-corrected chi connectivity index (χ1v) is 5.74. The molecule has 1 atom stereocenters. The van der Waals surface area contributed by atoms with Crippen molar-refractivity contribution in [2.24, 2.45) is 0 Å². The first-order valence-electron chi connectivity index (χ1n) is 5.36. The van der Waals surface area contributed by atoms with Gasteiger partial charge < -0.3 is 5.32 Å². The van der Waals surface area contributed by atoms with E-state index in [2.05, 4.69) is 0 Å². The number of rotatable bonds is 4. The summed E-state index contributed by atoms with van der Waals surface area (Å²) >= 11 is 5.27. The molecule has 1 aromatic rings. The molecule has 19 heavy (non-hydrogen) atoms. The van der Waals surface area contributed by atoms with E-state index in [0.717, 1.165) is 0 Å². The highest BCUT2D eigenvalue weighted by molar-refractivity contribution is 6.67. The SMILES string of the molecule is CC(CNC(=O)C(F)(F)F)c1ccc(C(=O)Cl)cc1. The van der Waals surface area contributed by atoms with Gasteiger partial charge in [-0.15, -0.1) is 0 Å². The Morgan fingerprint density at radius 2 is 1.79 bits per heavy atom. The molecule has 104 valence electrons. The molecule has 1 rings (SSSR count). The molecule has 0 saturated carbocycles. The third kappa shape index (κ3) is 4.55. The van der Waals surface area contributed by atoms with Crippen LogP contribution in [0.5, 0.6) is 0 Å². The van der Waals surface area contributed by atoms with Crippen molar-refractivity contribution in [2.75, 3.05) is 6.54 Å². The van der Waals surface area contributed by atoms with Crippen LogP contribution >= 0.6 is 11.6 Å². The molecular formula is C12H11ClF3NO2. The number of benzene rings is 1. The van der Waals surface area contributed by atoms with Gasteiger partial charge in [0.25, 0.3) is 5.24 Å². The monoisotopic (exact) mass is 293 g/mol. The number of halogens is 4. The van der Waals surface area contributed by atoms with Crippen molar-refractivity contribution in [3.63, 3.8) is 0 Å². The summed E-state index contributed by atoms with van der Waals surface area (Å²) in [7, 11) is 0. The zero-order valence-corrected chi connectivity index (χ0v) is 10.7. The Hall–Kier alpha value is -1.56. The number of hydrogen-bond donors (Lipinski definition) is 1. The Labute approximate surface area is 112 Å². The topological polar surface area (TPSA) is 46.2 Å². The van der Waals surface area contributed by atoms with Gasteiger partial charge in [0, 0.05) is 12.1 Å². The van der Waals surface area contributed by atoms with Crippen LogP contribution in [-0.2, 0) is 4.79 Å². The maximum atomic E-state index is 12.0. The van der Waals surface area contributed by atoms with Crippen LogP contribution in [0.25, 0.3) is 0 Å². The quantitative estimate of drug-likeness (QED) is 0.868. The molecule has 0 saturated heterocycles. The molecule has 1 aromatic carbocycles. The van der Waals surface area contributed by atoms with Crippen LogP contribution in [-0.4, -0.2) is 23.9 Å². The van der Waals surface area contributed by atoms with Crippen LogP contribution in [0.1, 0.15) is 28.8 Å². The fourth-order valence-electron chi connectivity index (χ4n) is 1.41. The lowest BCUT2D eigenvalue weighted by molar-refractivity contribution is -0.173. The van der Waals surface area contributed by atoms with E-state index in [1.54, 1.807) is 24.4 Å². The summed E-state index contributed by atoms with van der Waals surface area (Å²) in [5, 5.41) is 1.19. The van der Waals surface area contributed by atoms with Gasteiger partial charge in [-0.2, -0.15) is 13.2 Å². The zero-order chi connectivity index (χ0) is 14.6. The van der Waals surface area contributed by atoms with Gasteiger partial charge in [-0.25, -0.2) is 0 Å². The fourth-order valence-corrected chi connectivity index (χ4v) is 1.53. The lowest BCUT2D eigenvalue weighted by Gasteiger charge is -2.14. The van der Waals surface area contributed by atoms with Gasteiger partial charge in [0.15, 0.2) is 0 Å². The summed E-state index contributed by atoms with van der Waals surface area (Å²) in [5.74, 6) is -2.28. The second kappa shape index (κ2) is 6.06. The number of alkyl halides is 3. The number of carbonyl (C=O) groups excluding carboxylic acids is 2. The summed E-state index contributed by atoms with van der Waals surface area (Å²) < 4.78 is 35.9. The molecule has 3 nitrogen and oxygen atoms in total. The minimum Gasteiger partial charge on any atom is -0.348 e. The molecule has 0 aliphatic carbocycles. The lowest BCUT2D eigenvalue weighted by atomic mass is 10.00. The molecular weight excluding hydrogens is 283 g/mol. The van der Waals surface area contributed by atoms with Gasteiger partial charge in [-0.05, 0) is 35.2 Å². The highest BCUT2D eigenvalue weighted by atomic mass is 35.5. The highest BCUT2D eigenvalue weighted by Crippen LogP contribution is 2.18. The first-order chi connectivity index (χ1) is 8.71. The molecule has 7 heteroatoms. The maximum Gasteiger partial charge on any atom is 0.471 e. The van der Waals surface area contributed by atoms with Gasteiger partial charge in [-0.1, -0.05) is 19.1 Å². The first kappa shape index (κ1) is 15.5. The Morgan fingerprint density at radius 3 is 2.21 bits per heavy atom. The summed E-state index contributed by atoms with van der Waals surface area (Å²) in [6, 6.07) is 6.12. The van der Waals surface area contributed by atoms with Crippen molar-refractivity contribution in [2.45, 2.75) is 19.0 Å². The van der Waals surface area contributed by atoms with E-state index in [0.29, 0.717) is 11.1 Å². The molecule has 0 aliphatic heterocycles. The molecule has 0 heterocycles. The van der Waals surface area contributed by atoms with Crippen LogP contribution in [0, 0.1) is 0 Å². The second-order valence-corrected chi connectivity index (χ2v) is 4.35. The van der Waals surface area contributed by atoms with E-state index in [4.69, 9.17) is 11.6 Å². The van der Waals surface area contributed by atoms with E-state index in [-0.39, 0.29) is 12.5 Å². The number of amides is 1.